The van der Waals surface area contributed by atoms with E-state index < -0.39 is 0 Å². The molecule has 0 aliphatic carbocycles. The highest BCUT2D eigenvalue weighted by molar-refractivity contribution is 5.80. The minimum atomic E-state index is -0.309. The molecule has 2 rings (SSSR count). The van der Waals surface area contributed by atoms with E-state index in [0.29, 0.717) is 32.0 Å². The van der Waals surface area contributed by atoms with Crippen LogP contribution in [0.25, 0.3) is 0 Å². The van der Waals surface area contributed by atoms with Gasteiger partial charge in [-0.2, -0.15) is 0 Å². The molecule has 0 radical (unpaired) electrons. The molecule has 7 nitrogen and oxygen atoms in total. The molecule has 0 atom stereocenters. The zero-order valence-electron chi connectivity index (χ0n) is 17.9. The van der Waals surface area contributed by atoms with Crippen LogP contribution in [0.5, 0.6) is 0 Å². The van der Waals surface area contributed by atoms with Crippen molar-refractivity contribution in [2.75, 3.05) is 39.3 Å². The van der Waals surface area contributed by atoms with Crippen LogP contribution in [0.2, 0.25) is 0 Å². The summed E-state index contributed by atoms with van der Waals surface area (Å²) in [6.07, 6.45) is 4.95. The number of guanidine groups is 1. The smallest absolute Gasteiger partial charge is 0.224 e. The van der Waals surface area contributed by atoms with Gasteiger partial charge >= 0.3 is 0 Å². The van der Waals surface area contributed by atoms with Crippen molar-refractivity contribution >= 4 is 17.8 Å². The summed E-state index contributed by atoms with van der Waals surface area (Å²) in [5.74, 6) is 0.550. The Morgan fingerprint density at radius 1 is 1.10 bits per heavy atom. The molecule has 166 valence electrons. The number of aliphatic imine (C=N–C) groups is 1. The third-order valence-electron chi connectivity index (χ3n) is 4.89. The predicted octanol–water partition coefficient (Wildman–Crippen LogP) is 1.83. The molecular formula is C22H34FN5O2. The Hall–Kier alpha value is -2.64. The summed E-state index contributed by atoms with van der Waals surface area (Å²) in [5.41, 5.74) is 0.777. The van der Waals surface area contributed by atoms with E-state index in [1.54, 1.807) is 12.1 Å². The minimum Gasteiger partial charge on any atom is -0.357 e. The molecule has 0 saturated carbocycles. The van der Waals surface area contributed by atoms with Crippen LogP contribution >= 0.6 is 0 Å². The Kier molecular flexibility index (Phi) is 10.7. The Balaban J connectivity index is 1.64. The Morgan fingerprint density at radius 3 is 2.63 bits per heavy atom. The van der Waals surface area contributed by atoms with Crippen LogP contribution in [-0.4, -0.2) is 61.9 Å². The first-order valence-corrected chi connectivity index (χ1v) is 10.9. The second-order valence-corrected chi connectivity index (χ2v) is 7.39. The van der Waals surface area contributed by atoms with Gasteiger partial charge in [0.25, 0.3) is 0 Å². The summed E-state index contributed by atoms with van der Waals surface area (Å²) in [6, 6.07) is 5.93. The second kappa shape index (κ2) is 13.6. The maximum atomic E-state index is 12.9. The quantitative estimate of drug-likeness (QED) is 0.307. The van der Waals surface area contributed by atoms with Gasteiger partial charge in [0.1, 0.15) is 5.82 Å². The minimum absolute atomic E-state index is 0.104. The summed E-state index contributed by atoms with van der Waals surface area (Å²) >= 11 is 0. The first-order valence-electron chi connectivity index (χ1n) is 10.9. The zero-order chi connectivity index (χ0) is 21.6. The lowest BCUT2D eigenvalue weighted by Gasteiger charge is -2.20. The maximum Gasteiger partial charge on any atom is 0.224 e. The lowest BCUT2D eigenvalue weighted by molar-refractivity contribution is -0.130. The SMILES string of the molecule is CCNC(=NCCCN1CCCCCC1=O)NCCNC(=O)Cc1ccc(F)cc1. The fourth-order valence-corrected chi connectivity index (χ4v) is 3.30. The van der Waals surface area contributed by atoms with Gasteiger partial charge in [-0.15, -0.1) is 0 Å². The van der Waals surface area contributed by atoms with Crippen molar-refractivity contribution in [3.8, 4) is 0 Å². The van der Waals surface area contributed by atoms with Crippen LogP contribution in [0.15, 0.2) is 29.3 Å². The van der Waals surface area contributed by atoms with Crippen LogP contribution in [0.4, 0.5) is 4.39 Å². The predicted molar refractivity (Wildman–Crippen MR) is 117 cm³/mol. The average molecular weight is 420 g/mol. The monoisotopic (exact) mass is 419 g/mol. The number of carbonyl (C=O) groups excluding carboxylic acids is 2. The summed E-state index contributed by atoms with van der Waals surface area (Å²) in [4.78, 5) is 30.5. The van der Waals surface area contributed by atoms with Crippen LogP contribution < -0.4 is 16.0 Å². The first-order chi connectivity index (χ1) is 14.6. The number of carbonyl (C=O) groups is 2. The van der Waals surface area contributed by atoms with Gasteiger partial charge in [0.05, 0.1) is 6.42 Å². The van der Waals surface area contributed by atoms with E-state index in [1.165, 1.54) is 12.1 Å². The average Bonchev–Trinajstić information content (AvgIpc) is 2.94. The van der Waals surface area contributed by atoms with E-state index in [9.17, 15) is 14.0 Å². The molecule has 1 aliphatic heterocycles. The highest BCUT2D eigenvalue weighted by Crippen LogP contribution is 2.11. The summed E-state index contributed by atoms with van der Waals surface area (Å²) in [6.45, 7) is 6.00. The highest BCUT2D eigenvalue weighted by Gasteiger charge is 2.15. The van der Waals surface area contributed by atoms with Crippen molar-refractivity contribution in [3.63, 3.8) is 0 Å². The molecule has 0 aromatic heterocycles. The number of benzene rings is 1. The molecule has 1 aromatic carbocycles. The fraction of sp³-hybridized carbons (Fsp3) is 0.591. The molecule has 30 heavy (non-hydrogen) atoms. The normalized spacial score (nSPS) is 14.9. The van der Waals surface area contributed by atoms with E-state index >= 15 is 0 Å². The molecular weight excluding hydrogens is 385 g/mol. The third-order valence-corrected chi connectivity index (χ3v) is 4.89. The Bertz CT molecular complexity index is 693. The van der Waals surface area contributed by atoms with Crippen molar-refractivity contribution in [2.24, 2.45) is 4.99 Å². The van der Waals surface area contributed by atoms with Gasteiger partial charge in [-0.25, -0.2) is 4.39 Å². The zero-order valence-corrected chi connectivity index (χ0v) is 17.9. The molecule has 1 fully saturated rings. The highest BCUT2D eigenvalue weighted by atomic mass is 19.1. The number of nitrogens with one attached hydrogen (secondary N) is 3. The molecule has 0 unspecified atom stereocenters. The summed E-state index contributed by atoms with van der Waals surface area (Å²) < 4.78 is 12.9. The molecule has 1 heterocycles. The van der Waals surface area contributed by atoms with E-state index in [-0.39, 0.29) is 24.1 Å². The number of hydrogen-bond acceptors (Lipinski definition) is 3. The van der Waals surface area contributed by atoms with Crippen LogP contribution in [0.3, 0.4) is 0 Å². The molecule has 8 heteroatoms. The van der Waals surface area contributed by atoms with Gasteiger partial charge in [-0.05, 0) is 43.9 Å². The van der Waals surface area contributed by atoms with Crippen LogP contribution in [0.1, 0.15) is 44.6 Å². The third kappa shape index (κ3) is 9.24. The van der Waals surface area contributed by atoms with Crippen molar-refractivity contribution in [1.29, 1.82) is 0 Å². The molecule has 1 saturated heterocycles. The number of nitrogens with zero attached hydrogens (tertiary/aromatic N) is 2. The van der Waals surface area contributed by atoms with Crippen molar-refractivity contribution in [2.45, 2.75) is 45.4 Å². The van der Waals surface area contributed by atoms with Gasteiger partial charge in [0, 0.05) is 45.7 Å². The second-order valence-electron chi connectivity index (χ2n) is 7.39. The number of halogens is 1. The number of rotatable bonds is 10. The van der Waals surface area contributed by atoms with E-state index in [2.05, 4.69) is 20.9 Å². The molecule has 3 N–H and O–H groups in total. The standard InChI is InChI=1S/C22H34FN5O2/c1-2-24-22(26-12-6-16-28-15-5-3-4-7-21(28)30)27-14-13-25-20(29)17-18-8-10-19(23)11-9-18/h8-11H,2-7,12-17H2,1H3,(H,25,29)(H2,24,26,27). The van der Waals surface area contributed by atoms with Gasteiger partial charge in [0.15, 0.2) is 5.96 Å². The Morgan fingerprint density at radius 2 is 1.87 bits per heavy atom. The lowest BCUT2D eigenvalue weighted by atomic mass is 10.1. The van der Waals surface area contributed by atoms with E-state index in [1.807, 2.05) is 11.8 Å². The van der Waals surface area contributed by atoms with E-state index in [4.69, 9.17) is 0 Å². The summed E-state index contributed by atoms with van der Waals surface area (Å²) in [7, 11) is 0. The number of likely N-dealkylation sites (tertiary alicyclic amines) is 1. The van der Waals surface area contributed by atoms with Crippen LogP contribution in [0, 0.1) is 5.82 Å². The summed E-state index contributed by atoms with van der Waals surface area (Å²) in [5, 5.41) is 9.22. The van der Waals surface area contributed by atoms with Crippen molar-refractivity contribution < 1.29 is 14.0 Å². The molecule has 1 aromatic rings. The molecule has 1 aliphatic rings. The topological polar surface area (TPSA) is 85.8 Å². The molecule has 0 bridgehead atoms. The van der Waals surface area contributed by atoms with Gasteiger partial charge in [-0.3, -0.25) is 14.6 Å². The number of amides is 2. The maximum absolute atomic E-state index is 12.9. The Labute approximate surface area is 178 Å². The van der Waals surface area contributed by atoms with Gasteiger partial charge < -0.3 is 20.9 Å². The molecule has 0 spiro atoms. The van der Waals surface area contributed by atoms with E-state index in [0.717, 1.165) is 50.9 Å². The van der Waals surface area contributed by atoms with Crippen molar-refractivity contribution in [1.82, 2.24) is 20.9 Å². The van der Waals surface area contributed by atoms with Gasteiger partial charge in [0.2, 0.25) is 11.8 Å². The van der Waals surface area contributed by atoms with Crippen LogP contribution in [-0.2, 0) is 16.0 Å². The number of hydrogen-bond donors (Lipinski definition) is 3. The van der Waals surface area contributed by atoms with Crippen molar-refractivity contribution in [3.05, 3.63) is 35.6 Å². The largest absolute Gasteiger partial charge is 0.357 e. The first kappa shape index (κ1) is 23.6. The fourth-order valence-electron chi connectivity index (χ4n) is 3.30. The van der Waals surface area contributed by atoms with Gasteiger partial charge in [-0.1, -0.05) is 18.6 Å². The molecule has 2 amide bonds. The lowest BCUT2D eigenvalue weighted by Crippen LogP contribution is -2.42.